The molecule has 4 N–H and O–H groups in total. The van der Waals surface area contributed by atoms with Gasteiger partial charge in [-0.3, -0.25) is 0 Å². The third kappa shape index (κ3) is 5.24. The topological polar surface area (TPSA) is 80.9 Å². The predicted octanol–water partition coefficient (Wildman–Crippen LogP) is 6.68. The van der Waals surface area contributed by atoms with E-state index in [1.54, 1.807) is 0 Å². The Hall–Kier alpha value is -5.23. The quantitative estimate of drug-likeness (QED) is 0.135. The minimum Gasteiger partial charge on any atom is -0.423 e. The second-order valence-electron chi connectivity index (χ2n) is 11.2. The number of rotatable bonds is 4. The second kappa shape index (κ2) is 12.6. The van der Waals surface area contributed by atoms with Gasteiger partial charge >= 0.3 is 14.2 Å². The predicted molar refractivity (Wildman–Crippen MR) is 193 cm³/mol. The molecule has 0 saturated heterocycles. The smallest absolute Gasteiger partial charge is 0.423 e. The van der Waals surface area contributed by atoms with E-state index in [4.69, 9.17) is 0 Å². The van der Waals surface area contributed by atoms with Crippen molar-refractivity contribution in [3.8, 4) is 22.3 Å². The van der Waals surface area contributed by atoms with Crippen LogP contribution in [0.3, 0.4) is 0 Å². The van der Waals surface area contributed by atoms with Gasteiger partial charge in [-0.2, -0.15) is 0 Å². The molecule has 8 aromatic rings. The van der Waals surface area contributed by atoms with E-state index in [1.807, 2.05) is 133 Å². The molecule has 0 aromatic heterocycles. The molecule has 0 atom stereocenters. The zero-order valence-electron chi connectivity index (χ0n) is 25.0. The molecule has 0 radical (unpaired) electrons. The Kier molecular flexibility index (Phi) is 8.10. The average Bonchev–Trinajstić information content (AvgIpc) is 3.10. The molecule has 0 aliphatic rings. The lowest BCUT2D eigenvalue weighted by molar-refractivity contribution is 0.425. The van der Waals surface area contributed by atoms with Crippen molar-refractivity contribution >= 4 is 68.3 Å². The number of benzene rings is 8. The molecule has 8 rings (SSSR count). The van der Waals surface area contributed by atoms with E-state index in [-0.39, 0.29) is 0 Å². The standard InChI is InChI=1S/2C20H15BO2/c2*22-21(23)20-17-12-6-4-10-15(17)19(14-8-2-1-3-9-14)16-11-5-7-13-18(16)20/h2*1-13,22-23H. The molecule has 0 fully saturated rings. The van der Waals surface area contributed by atoms with Crippen molar-refractivity contribution in [1.82, 2.24) is 0 Å². The summed E-state index contributed by atoms with van der Waals surface area (Å²) in [6.07, 6.45) is 0. The van der Waals surface area contributed by atoms with Crippen LogP contribution in [0.15, 0.2) is 158 Å². The molecule has 0 unspecified atom stereocenters. The second-order valence-corrected chi connectivity index (χ2v) is 11.2. The fraction of sp³-hybridized carbons (Fsp3) is 0. The molecule has 0 aliphatic heterocycles. The molecule has 4 nitrogen and oxygen atoms in total. The molecule has 0 bridgehead atoms. The van der Waals surface area contributed by atoms with Gasteiger partial charge in [0.05, 0.1) is 0 Å². The van der Waals surface area contributed by atoms with Gasteiger partial charge in [0, 0.05) is 0 Å². The van der Waals surface area contributed by atoms with E-state index in [0.29, 0.717) is 10.9 Å². The third-order valence-electron chi connectivity index (χ3n) is 8.59. The first-order valence-corrected chi connectivity index (χ1v) is 15.2. The van der Waals surface area contributed by atoms with E-state index >= 15 is 0 Å². The van der Waals surface area contributed by atoms with Crippen LogP contribution in [-0.4, -0.2) is 34.3 Å². The lowest BCUT2D eigenvalue weighted by Gasteiger charge is -2.16. The van der Waals surface area contributed by atoms with Crippen molar-refractivity contribution in [3.05, 3.63) is 158 Å². The highest BCUT2D eigenvalue weighted by Crippen LogP contribution is 2.36. The van der Waals surface area contributed by atoms with Gasteiger partial charge in [-0.1, -0.05) is 158 Å². The lowest BCUT2D eigenvalue weighted by atomic mass is 9.72. The van der Waals surface area contributed by atoms with E-state index < -0.39 is 14.2 Å². The van der Waals surface area contributed by atoms with Crippen LogP contribution in [0.25, 0.3) is 65.3 Å². The van der Waals surface area contributed by atoms with Crippen molar-refractivity contribution < 1.29 is 20.1 Å². The first-order chi connectivity index (χ1) is 22.5. The summed E-state index contributed by atoms with van der Waals surface area (Å²) >= 11 is 0. The summed E-state index contributed by atoms with van der Waals surface area (Å²) in [5.74, 6) is 0. The van der Waals surface area contributed by atoms with Crippen molar-refractivity contribution in [2.75, 3.05) is 0 Å². The zero-order chi connectivity index (χ0) is 31.6. The highest BCUT2D eigenvalue weighted by molar-refractivity contribution is 6.66. The average molecular weight is 596 g/mol. The Morgan fingerprint density at radius 1 is 0.261 bits per heavy atom. The molecule has 220 valence electrons. The van der Waals surface area contributed by atoms with E-state index in [0.717, 1.165) is 65.3 Å². The zero-order valence-corrected chi connectivity index (χ0v) is 25.0. The summed E-state index contributed by atoms with van der Waals surface area (Å²) in [4.78, 5) is 0. The van der Waals surface area contributed by atoms with Gasteiger partial charge < -0.3 is 20.1 Å². The van der Waals surface area contributed by atoms with Gasteiger partial charge in [-0.15, -0.1) is 0 Å². The number of hydrogen-bond acceptors (Lipinski definition) is 4. The first kappa shape index (κ1) is 29.5. The van der Waals surface area contributed by atoms with E-state index in [1.165, 1.54) is 0 Å². The SMILES string of the molecule is OB(O)c1c2ccccc2c(-c2ccccc2)c2ccccc12.OB(O)c1c2ccccc2c(-c2ccccc2)c2ccccc12. The van der Waals surface area contributed by atoms with Gasteiger partial charge in [0.2, 0.25) is 0 Å². The number of hydrogen-bond donors (Lipinski definition) is 4. The van der Waals surface area contributed by atoms with Crippen LogP contribution in [0.5, 0.6) is 0 Å². The van der Waals surface area contributed by atoms with Crippen molar-refractivity contribution in [2.24, 2.45) is 0 Å². The monoisotopic (exact) mass is 596 g/mol. The molecule has 0 heterocycles. The van der Waals surface area contributed by atoms with Crippen molar-refractivity contribution in [2.45, 2.75) is 0 Å². The van der Waals surface area contributed by atoms with Gasteiger partial charge in [-0.05, 0) is 76.3 Å². The van der Waals surface area contributed by atoms with Crippen LogP contribution in [0.2, 0.25) is 0 Å². The highest BCUT2D eigenvalue weighted by Gasteiger charge is 2.23. The van der Waals surface area contributed by atoms with Gasteiger partial charge in [0.1, 0.15) is 0 Å². The molecule has 0 amide bonds. The molecular formula is C40H30B2O4. The third-order valence-corrected chi connectivity index (χ3v) is 8.59. The maximum atomic E-state index is 9.94. The summed E-state index contributed by atoms with van der Waals surface area (Å²) in [6, 6.07) is 52.0. The van der Waals surface area contributed by atoms with Gasteiger partial charge in [-0.25, -0.2) is 0 Å². The Labute approximate surface area is 267 Å². The van der Waals surface area contributed by atoms with Crippen molar-refractivity contribution in [1.29, 1.82) is 0 Å². The Morgan fingerprint density at radius 2 is 0.478 bits per heavy atom. The molecular weight excluding hydrogens is 566 g/mol. The maximum absolute atomic E-state index is 9.94. The molecule has 46 heavy (non-hydrogen) atoms. The number of fused-ring (bicyclic) bond motifs is 4. The molecule has 6 heteroatoms. The van der Waals surface area contributed by atoms with Crippen LogP contribution < -0.4 is 10.9 Å². The molecule has 0 aliphatic carbocycles. The summed E-state index contributed by atoms with van der Waals surface area (Å²) in [6.45, 7) is 0. The minimum atomic E-state index is -1.50. The Balaban J connectivity index is 0.000000147. The van der Waals surface area contributed by atoms with Crippen LogP contribution in [0.1, 0.15) is 0 Å². The summed E-state index contributed by atoms with van der Waals surface area (Å²) < 4.78 is 0. The molecule has 8 aromatic carbocycles. The molecule has 0 saturated carbocycles. The van der Waals surface area contributed by atoms with Crippen LogP contribution >= 0.6 is 0 Å². The van der Waals surface area contributed by atoms with Crippen molar-refractivity contribution in [3.63, 3.8) is 0 Å². The summed E-state index contributed by atoms with van der Waals surface area (Å²) in [5, 5.41) is 47.4. The van der Waals surface area contributed by atoms with Gasteiger partial charge in [0.25, 0.3) is 0 Å². The van der Waals surface area contributed by atoms with Crippen LogP contribution in [-0.2, 0) is 0 Å². The minimum absolute atomic E-state index is 0.566. The van der Waals surface area contributed by atoms with E-state index in [2.05, 4.69) is 24.3 Å². The van der Waals surface area contributed by atoms with Gasteiger partial charge in [0.15, 0.2) is 0 Å². The first-order valence-electron chi connectivity index (χ1n) is 15.2. The fourth-order valence-electron chi connectivity index (χ4n) is 6.71. The van der Waals surface area contributed by atoms with E-state index in [9.17, 15) is 20.1 Å². The normalized spacial score (nSPS) is 11.0. The van der Waals surface area contributed by atoms with Crippen LogP contribution in [0, 0.1) is 0 Å². The fourth-order valence-corrected chi connectivity index (χ4v) is 6.71. The summed E-state index contributed by atoms with van der Waals surface area (Å²) in [7, 11) is -3.01. The maximum Gasteiger partial charge on any atom is 0.489 e. The highest BCUT2D eigenvalue weighted by atomic mass is 16.4. The Bertz CT molecular complexity index is 2040. The lowest BCUT2D eigenvalue weighted by Crippen LogP contribution is -2.31. The Morgan fingerprint density at radius 3 is 0.717 bits per heavy atom. The summed E-state index contributed by atoms with van der Waals surface area (Å²) in [5.41, 5.74) is 5.63. The largest absolute Gasteiger partial charge is 0.489 e. The molecule has 0 spiro atoms. The van der Waals surface area contributed by atoms with Crippen LogP contribution in [0.4, 0.5) is 0 Å².